The molecule has 1 saturated heterocycles. The van der Waals surface area contributed by atoms with Gasteiger partial charge < -0.3 is 4.43 Å². The van der Waals surface area contributed by atoms with Gasteiger partial charge in [0, 0.05) is 13.0 Å². The first-order valence-corrected chi connectivity index (χ1v) is 15.0. The number of Topliss-reactive ketones (excluding diaryl/α,β-unsaturated/α-hetero) is 1. The van der Waals surface area contributed by atoms with Gasteiger partial charge in [-0.3, -0.25) is 4.79 Å². The third-order valence-corrected chi connectivity index (χ3v) is 13.6. The molecule has 1 aliphatic carbocycles. The molecule has 0 unspecified atom stereocenters. The van der Waals surface area contributed by atoms with Crippen LogP contribution in [0, 0.1) is 6.92 Å². The van der Waals surface area contributed by atoms with Gasteiger partial charge in [-0.1, -0.05) is 38.5 Å². The monoisotopic (exact) mass is 437 g/mol. The Kier molecular flexibility index (Phi) is 5.93. The van der Waals surface area contributed by atoms with E-state index in [0.717, 1.165) is 18.4 Å². The molecule has 0 N–H and O–H groups in total. The molecule has 29 heavy (non-hydrogen) atoms. The molecule has 1 aliphatic heterocycles. The number of benzene rings is 1. The van der Waals surface area contributed by atoms with Gasteiger partial charge in [0.1, 0.15) is 0 Å². The van der Waals surface area contributed by atoms with Crippen LogP contribution in [0.2, 0.25) is 18.1 Å². The second kappa shape index (κ2) is 7.59. The van der Waals surface area contributed by atoms with Crippen LogP contribution in [0.3, 0.4) is 0 Å². The van der Waals surface area contributed by atoms with Gasteiger partial charge in [0.2, 0.25) is 10.0 Å². The fourth-order valence-electron chi connectivity index (χ4n) is 4.27. The summed E-state index contributed by atoms with van der Waals surface area (Å²) in [6.07, 6.45) is 2.95. The molecule has 0 radical (unpaired) electrons. The number of carbonyl (C=O) groups excluding carboxylic acids is 1. The average Bonchev–Trinajstić information content (AvgIpc) is 2.96. The van der Waals surface area contributed by atoms with E-state index in [4.69, 9.17) is 4.43 Å². The summed E-state index contributed by atoms with van der Waals surface area (Å²) in [5, 5.41) is 0.0476. The molecule has 162 valence electrons. The van der Waals surface area contributed by atoms with Gasteiger partial charge in [-0.15, -0.1) is 0 Å². The first kappa shape index (κ1) is 22.7. The lowest BCUT2D eigenvalue weighted by Gasteiger charge is -2.48. The Morgan fingerprint density at radius 1 is 1.14 bits per heavy atom. The van der Waals surface area contributed by atoms with Gasteiger partial charge >= 0.3 is 0 Å². The van der Waals surface area contributed by atoms with E-state index in [-0.39, 0.29) is 28.4 Å². The van der Waals surface area contributed by atoms with Gasteiger partial charge in [0.15, 0.2) is 14.1 Å². The molecule has 1 aromatic rings. The number of rotatable bonds is 4. The summed E-state index contributed by atoms with van der Waals surface area (Å²) < 4.78 is 35.4. The second-order valence-electron chi connectivity index (χ2n) is 10.2. The minimum Gasteiger partial charge on any atom is -0.413 e. The first-order chi connectivity index (χ1) is 13.3. The second-order valence-corrected chi connectivity index (χ2v) is 16.8. The van der Waals surface area contributed by atoms with Crippen LogP contribution in [0.25, 0.3) is 0 Å². The Bertz CT molecular complexity index is 873. The van der Waals surface area contributed by atoms with Gasteiger partial charge in [0.25, 0.3) is 0 Å². The topological polar surface area (TPSA) is 63.7 Å². The molecule has 2 atom stereocenters. The van der Waals surface area contributed by atoms with E-state index < -0.39 is 23.9 Å². The highest BCUT2D eigenvalue weighted by molar-refractivity contribution is 7.89. The molecule has 1 heterocycles. The summed E-state index contributed by atoms with van der Waals surface area (Å²) in [6.45, 7) is 13.1. The Labute approximate surface area is 177 Å². The maximum Gasteiger partial charge on any atom is 0.244 e. The van der Waals surface area contributed by atoms with E-state index in [9.17, 15) is 13.2 Å². The van der Waals surface area contributed by atoms with Crippen molar-refractivity contribution in [2.24, 2.45) is 0 Å². The zero-order chi connectivity index (χ0) is 21.7. The van der Waals surface area contributed by atoms with Gasteiger partial charge in [0.05, 0.1) is 16.5 Å². The largest absolute Gasteiger partial charge is 0.413 e. The standard InChI is InChI=1S/C22H35NO4SSi/c1-17-9-11-19(12-10-17)28(25,26)23-16-18(27-29(5,6)21(2,3)4)13-15-22(23)14-7-8-20(22)24/h9-12,18H,7-8,13-16H2,1-6H3/t18-,22+/m0/s1. The third-order valence-electron chi connectivity index (χ3n) is 7.12. The number of hydrogen-bond acceptors (Lipinski definition) is 4. The summed E-state index contributed by atoms with van der Waals surface area (Å²) in [5.74, 6) is 0.0685. The van der Waals surface area contributed by atoms with Crippen LogP contribution in [0.5, 0.6) is 0 Å². The number of aryl methyl sites for hydroxylation is 1. The minimum absolute atomic E-state index is 0.0476. The van der Waals surface area contributed by atoms with E-state index >= 15 is 0 Å². The minimum atomic E-state index is -3.78. The highest BCUT2D eigenvalue weighted by atomic mass is 32.2. The van der Waals surface area contributed by atoms with Crippen molar-refractivity contribution < 1.29 is 17.6 Å². The molecule has 0 amide bonds. The van der Waals surface area contributed by atoms with Crippen molar-refractivity contribution in [3.63, 3.8) is 0 Å². The molecule has 0 bridgehead atoms. The third kappa shape index (κ3) is 4.11. The summed E-state index contributed by atoms with van der Waals surface area (Å²) >= 11 is 0. The summed E-state index contributed by atoms with van der Waals surface area (Å²) in [4.78, 5) is 13.2. The lowest BCUT2D eigenvalue weighted by molar-refractivity contribution is -0.128. The highest BCUT2D eigenvalue weighted by Gasteiger charge is 2.55. The normalized spacial score (nSPS) is 27.0. The number of sulfonamides is 1. The number of nitrogens with zero attached hydrogens (tertiary/aromatic N) is 1. The molecule has 1 aromatic carbocycles. The maximum absolute atomic E-state index is 13.6. The smallest absolute Gasteiger partial charge is 0.244 e. The zero-order valence-electron chi connectivity index (χ0n) is 18.6. The van der Waals surface area contributed by atoms with E-state index in [2.05, 4.69) is 33.9 Å². The summed E-state index contributed by atoms with van der Waals surface area (Å²) in [5.41, 5.74) is 0.116. The van der Waals surface area contributed by atoms with E-state index in [1.165, 1.54) is 4.31 Å². The van der Waals surface area contributed by atoms with Crippen LogP contribution in [-0.2, 0) is 19.2 Å². The Morgan fingerprint density at radius 3 is 2.28 bits per heavy atom. The van der Waals surface area contributed by atoms with Crippen LogP contribution in [0.15, 0.2) is 29.2 Å². The van der Waals surface area contributed by atoms with Crippen molar-refractivity contribution in [2.75, 3.05) is 6.54 Å². The molecular weight excluding hydrogens is 402 g/mol. The highest BCUT2D eigenvalue weighted by Crippen LogP contribution is 2.45. The summed E-state index contributed by atoms with van der Waals surface area (Å²) in [7, 11) is -5.82. The molecule has 0 aromatic heterocycles. The Morgan fingerprint density at radius 2 is 1.76 bits per heavy atom. The number of ketones is 1. The molecule has 2 aliphatic rings. The maximum atomic E-state index is 13.6. The van der Waals surface area contributed by atoms with Crippen molar-refractivity contribution >= 4 is 24.1 Å². The number of carbonyl (C=O) groups is 1. The average molecular weight is 438 g/mol. The molecular formula is C22H35NO4SSi. The Balaban J connectivity index is 1.97. The van der Waals surface area contributed by atoms with Crippen LogP contribution < -0.4 is 0 Å². The van der Waals surface area contributed by atoms with Crippen LogP contribution in [0.1, 0.15) is 58.4 Å². The van der Waals surface area contributed by atoms with Crippen molar-refractivity contribution in [1.82, 2.24) is 4.31 Å². The molecule has 5 nitrogen and oxygen atoms in total. The lowest BCUT2D eigenvalue weighted by Crippen LogP contribution is -2.61. The van der Waals surface area contributed by atoms with Gasteiger partial charge in [-0.25, -0.2) is 8.42 Å². The number of piperidine rings is 1. The fraction of sp³-hybridized carbons (Fsp3) is 0.682. The molecule has 3 rings (SSSR count). The molecule has 2 fully saturated rings. The zero-order valence-corrected chi connectivity index (χ0v) is 20.4. The lowest BCUT2D eigenvalue weighted by atomic mass is 9.85. The van der Waals surface area contributed by atoms with Crippen molar-refractivity contribution in [1.29, 1.82) is 0 Å². The van der Waals surface area contributed by atoms with Gasteiger partial charge in [-0.2, -0.15) is 4.31 Å². The number of hydrogen-bond donors (Lipinski definition) is 0. The molecule has 1 spiro atoms. The SMILES string of the molecule is Cc1ccc(S(=O)(=O)N2C[C@@H](O[Si](C)(C)C(C)(C)C)CC[C@@]23CCCC3=O)cc1. The van der Waals surface area contributed by atoms with Crippen LogP contribution in [-0.4, -0.2) is 45.0 Å². The van der Waals surface area contributed by atoms with E-state index in [1.54, 1.807) is 12.1 Å². The fourth-order valence-corrected chi connectivity index (χ4v) is 7.49. The Hall–Kier alpha value is -1.02. The van der Waals surface area contributed by atoms with Crippen LogP contribution in [0.4, 0.5) is 0 Å². The quantitative estimate of drug-likeness (QED) is 0.643. The van der Waals surface area contributed by atoms with Crippen molar-refractivity contribution in [2.45, 2.75) is 94.5 Å². The predicted molar refractivity (Wildman–Crippen MR) is 118 cm³/mol. The van der Waals surface area contributed by atoms with Crippen molar-refractivity contribution in [3.8, 4) is 0 Å². The predicted octanol–water partition coefficient (Wildman–Crippen LogP) is 4.66. The van der Waals surface area contributed by atoms with E-state index in [0.29, 0.717) is 19.3 Å². The first-order valence-electron chi connectivity index (χ1n) is 10.6. The van der Waals surface area contributed by atoms with Gasteiger partial charge in [-0.05, 0) is 62.9 Å². The van der Waals surface area contributed by atoms with E-state index in [1.807, 2.05) is 19.1 Å². The molecule has 1 saturated carbocycles. The van der Waals surface area contributed by atoms with Crippen molar-refractivity contribution in [3.05, 3.63) is 29.8 Å². The van der Waals surface area contributed by atoms with Crippen LogP contribution >= 0.6 is 0 Å². The molecule has 7 heteroatoms. The summed E-state index contributed by atoms with van der Waals surface area (Å²) in [6, 6.07) is 6.92.